The third-order valence-electron chi connectivity index (χ3n) is 3.08. The van der Waals surface area contributed by atoms with Crippen LogP contribution in [-0.4, -0.2) is 22.0 Å². The van der Waals surface area contributed by atoms with Gasteiger partial charge >= 0.3 is 5.97 Å². The van der Waals surface area contributed by atoms with E-state index in [1.807, 2.05) is 12.1 Å². The Morgan fingerprint density at radius 2 is 1.76 bits per heavy atom. The van der Waals surface area contributed by atoms with Gasteiger partial charge < -0.3 is 10.4 Å². The van der Waals surface area contributed by atoms with Crippen molar-refractivity contribution in [3.63, 3.8) is 0 Å². The smallest absolute Gasteiger partial charge is 0.330 e. The lowest BCUT2D eigenvalue weighted by Gasteiger charge is -2.14. The van der Waals surface area contributed by atoms with Crippen LogP contribution < -0.4 is 5.32 Å². The highest BCUT2D eigenvalue weighted by molar-refractivity contribution is 5.84. The molecule has 0 saturated carbocycles. The average molecular weight is 284 g/mol. The fraction of sp³-hybridized carbons (Fsp3) is 0.188. The van der Waals surface area contributed by atoms with Crippen molar-refractivity contribution in [2.24, 2.45) is 0 Å². The third kappa shape index (κ3) is 4.42. The zero-order chi connectivity index (χ0) is 15.1. The van der Waals surface area contributed by atoms with Crippen molar-refractivity contribution >= 4 is 11.9 Å². The first-order chi connectivity index (χ1) is 10.2. The molecule has 0 bridgehead atoms. The van der Waals surface area contributed by atoms with E-state index in [-0.39, 0.29) is 12.3 Å². The monoisotopic (exact) mass is 284 g/mol. The largest absolute Gasteiger partial charge is 0.479 e. The summed E-state index contributed by atoms with van der Waals surface area (Å²) in [7, 11) is 0. The molecule has 108 valence electrons. The molecular weight excluding hydrogens is 268 g/mol. The van der Waals surface area contributed by atoms with Crippen LogP contribution >= 0.6 is 0 Å². The number of aryl methyl sites for hydroxylation is 1. The van der Waals surface area contributed by atoms with Crippen molar-refractivity contribution in [1.82, 2.24) is 10.3 Å². The minimum absolute atomic E-state index is 0.237. The topological polar surface area (TPSA) is 79.3 Å². The second kappa shape index (κ2) is 7.19. The zero-order valence-corrected chi connectivity index (χ0v) is 11.4. The Morgan fingerprint density at radius 1 is 1.10 bits per heavy atom. The number of rotatable bonds is 6. The molecule has 1 aromatic heterocycles. The van der Waals surface area contributed by atoms with E-state index in [1.54, 1.807) is 42.7 Å². The third-order valence-corrected chi connectivity index (χ3v) is 3.08. The van der Waals surface area contributed by atoms with E-state index < -0.39 is 12.0 Å². The molecule has 2 aromatic rings. The Kier molecular flexibility index (Phi) is 5.04. The molecule has 0 spiro atoms. The standard InChI is InChI=1S/C16H16N2O3/c19-14(7-6-12-8-10-17-11-9-12)18-15(16(20)21)13-4-2-1-3-5-13/h1-5,8-11,15H,6-7H2,(H,18,19)(H,20,21). The lowest BCUT2D eigenvalue weighted by Crippen LogP contribution is -2.33. The number of hydrogen-bond acceptors (Lipinski definition) is 3. The maximum Gasteiger partial charge on any atom is 0.330 e. The minimum atomic E-state index is -1.07. The molecule has 0 saturated heterocycles. The van der Waals surface area contributed by atoms with Crippen LogP contribution in [0.25, 0.3) is 0 Å². The molecule has 0 aliphatic rings. The molecule has 0 radical (unpaired) electrons. The first-order valence-corrected chi connectivity index (χ1v) is 6.63. The number of hydrogen-bond donors (Lipinski definition) is 2. The molecule has 5 nitrogen and oxygen atoms in total. The van der Waals surface area contributed by atoms with Gasteiger partial charge in [0, 0.05) is 18.8 Å². The van der Waals surface area contributed by atoms with Crippen LogP contribution in [0.1, 0.15) is 23.6 Å². The van der Waals surface area contributed by atoms with Gasteiger partial charge in [0.15, 0.2) is 6.04 Å². The summed E-state index contributed by atoms with van der Waals surface area (Å²) in [5, 5.41) is 11.8. The maximum atomic E-state index is 11.9. The van der Waals surface area contributed by atoms with Gasteiger partial charge in [0.1, 0.15) is 0 Å². The molecule has 0 fully saturated rings. The van der Waals surface area contributed by atoms with E-state index in [1.165, 1.54) is 0 Å². The number of nitrogens with one attached hydrogen (secondary N) is 1. The number of amides is 1. The molecule has 2 N–H and O–H groups in total. The first kappa shape index (κ1) is 14.7. The second-order valence-electron chi connectivity index (χ2n) is 4.60. The highest BCUT2D eigenvalue weighted by Gasteiger charge is 2.21. The molecule has 2 rings (SSSR count). The number of aromatic nitrogens is 1. The van der Waals surface area contributed by atoms with Crippen LogP contribution in [0.2, 0.25) is 0 Å². The first-order valence-electron chi connectivity index (χ1n) is 6.63. The summed E-state index contributed by atoms with van der Waals surface area (Å²) >= 11 is 0. The van der Waals surface area contributed by atoms with Crippen LogP contribution in [0, 0.1) is 0 Å². The highest BCUT2D eigenvalue weighted by Crippen LogP contribution is 2.13. The van der Waals surface area contributed by atoms with Crippen molar-refractivity contribution in [3.05, 3.63) is 66.0 Å². The molecule has 0 aliphatic carbocycles. The van der Waals surface area contributed by atoms with Crippen molar-refractivity contribution < 1.29 is 14.7 Å². The van der Waals surface area contributed by atoms with Gasteiger partial charge in [-0.2, -0.15) is 0 Å². The normalized spacial score (nSPS) is 11.6. The van der Waals surface area contributed by atoms with E-state index in [0.717, 1.165) is 5.56 Å². The number of aliphatic carboxylic acids is 1. The van der Waals surface area contributed by atoms with Crippen LogP contribution in [0.4, 0.5) is 0 Å². The summed E-state index contributed by atoms with van der Waals surface area (Å²) in [4.78, 5) is 27.1. The van der Waals surface area contributed by atoms with Crippen molar-refractivity contribution in [2.45, 2.75) is 18.9 Å². The fourth-order valence-electron chi connectivity index (χ4n) is 1.97. The summed E-state index contributed by atoms with van der Waals surface area (Å²) in [6.07, 6.45) is 4.12. The lowest BCUT2D eigenvalue weighted by molar-refractivity contribution is -0.142. The zero-order valence-electron chi connectivity index (χ0n) is 11.4. The molecular formula is C16H16N2O3. The number of carbonyl (C=O) groups is 2. The quantitative estimate of drug-likeness (QED) is 0.849. The Balaban J connectivity index is 1.95. The average Bonchev–Trinajstić information content (AvgIpc) is 2.52. The van der Waals surface area contributed by atoms with Crippen LogP contribution in [0.15, 0.2) is 54.9 Å². The molecule has 0 aliphatic heterocycles. The lowest BCUT2D eigenvalue weighted by atomic mass is 10.1. The Labute approximate surface area is 122 Å². The molecule has 1 atom stereocenters. The number of pyridine rings is 1. The van der Waals surface area contributed by atoms with E-state index >= 15 is 0 Å². The molecule has 1 aromatic carbocycles. The molecule has 1 heterocycles. The van der Waals surface area contributed by atoms with Crippen molar-refractivity contribution in [2.75, 3.05) is 0 Å². The van der Waals surface area contributed by atoms with Gasteiger partial charge in [-0.3, -0.25) is 9.78 Å². The van der Waals surface area contributed by atoms with Gasteiger partial charge in [-0.05, 0) is 29.7 Å². The predicted octanol–water partition coefficient (Wildman–Crippen LogP) is 1.96. The van der Waals surface area contributed by atoms with E-state index in [2.05, 4.69) is 10.3 Å². The number of carboxylic acids is 1. The Bertz CT molecular complexity index is 599. The fourth-order valence-corrected chi connectivity index (χ4v) is 1.97. The predicted molar refractivity (Wildman–Crippen MR) is 77.5 cm³/mol. The molecule has 1 unspecified atom stereocenters. The summed E-state index contributed by atoms with van der Waals surface area (Å²) in [6, 6.07) is 11.3. The maximum absolute atomic E-state index is 11.9. The van der Waals surface area contributed by atoms with Crippen LogP contribution in [0.5, 0.6) is 0 Å². The van der Waals surface area contributed by atoms with Crippen LogP contribution in [-0.2, 0) is 16.0 Å². The SMILES string of the molecule is O=C(CCc1ccncc1)NC(C(=O)O)c1ccccc1. The van der Waals surface area contributed by atoms with Gasteiger partial charge in [0.05, 0.1) is 0 Å². The van der Waals surface area contributed by atoms with Gasteiger partial charge in [0.25, 0.3) is 0 Å². The summed E-state index contributed by atoms with van der Waals surface area (Å²) in [6.45, 7) is 0. The van der Waals surface area contributed by atoms with Gasteiger partial charge in [-0.15, -0.1) is 0 Å². The van der Waals surface area contributed by atoms with E-state index in [4.69, 9.17) is 0 Å². The molecule has 21 heavy (non-hydrogen) atoms. The second-order valence-corrected chi connectivity index (χ2v) is 4.60. The van der Waals surface area contributed by atoms with Gasteiger partial charge in [0.2, 0.25) is 5.91 Å². The van der Waals surface area contributed by atoms with E-state index in [0.29, 0.717) is 12.0 Å². The highest BCUT2D eigenvalue weighted by atomic mass is 16.4. The van der Waals surface area contributed by atoms with Crippen LogP contribution in [0.3, 0.4) is 0 Å². The van der Waals surface area contributed by atoms with Crippen molar-refractivity contribution in [1.29, 1.82) is 0 Å². The summed E-state index contributed by atoms with van der Waals surface area (Å²) in [5.74, 6) is -1.36. The van der Waals surface area contributed by atoms with Gasteiger partial charge in [-0.1, -0.05) is 30.3 Å². The number of carbonyl (C=O) groups excluding carboxylic acids is 1. The number of benzene rings is 1. The van der Waals surface area contributed by atoms with E-state index in [9.17, 15) is 14.7 Å². The summed E-state index contributed by atoms with van der Waals surface area (Å²) < 4.78 is 0. The Hall–Kier alpha value is -2.69. The molecule has 1 amide bonds. The summed E-state index contributed by atoms with van der Waals surface area (Å²) in [5.41, 5.74) is 1.55. The Morgan fingerprint density at radius 3 is 2.38 bits per heavy atom. The van der Waals surface area contributed by atoms with Crippen molar-refractivity contribution in [3.8, 4) is 0 Å². The number of carboxylic acid groups (broad SMARTS) is 1. The van der Waals surface area contributed by atoms with Gasteiger partial charge in [-0.25, -0.2) is 4.79 Å². The minimum Gasteiger partial charge on any atom is -0.479 e. The number of nitrogens with zero attached hydrogens (tertiary/aromatic N) is 1. The molecule has 5 heteroatoms.